The summed E-state index contributed by atoms with van der Waals surface area (Å²) >= 11 is 0. The maximum absolute atomic E-state index is 14.3. The van der Waals surface area contributed by atoms with Gasteiger partial charge < -0.3 is 24.3 Å². The first-order valence-corrected chi connectivity index (χ1v) is 12.9. The van der Waals surface area contributed by atoms with Crippen LogP contribution in [-0.2, 0) is 16.0 Å². The average Bonchev–Trinajstić information content (AvgIpc) is 3.32. The van der Waals surface area contributed by atoms with Crippen molar-refractivity contribution in [3.63, 3.8) is 0 Å². The van der Waals surface area contributed by atoms with Gasteiger partial charge in [0, 0.05) is 23.2 Å². The summed E-state index contributed by atoms with van der Waals surface area (Å²) < 4.78 is 26.6. The lowest BCUT2D eigenvalue weighted by Gasteiger charge is -2.34. The van der Waals surface area contributed by atoms with Crippen LogP contribution in [0.15, 0.2) is 30.3 Å². The molecule has 202 valence electrons. The fourth-order valence-corrected chi connectivity index (χ4v) is 6.05. The normalized spacial score (nSPS) is 22.1. The molecule has 10 heteroatoms. The van der Waals surface area contributed by atoms with Crippen molar-refractivity contribution in [1.29, 1.82) is 0 Å². The van der Waals surface area contributed by atoms with Crippen LogP contribution >= 0.6 is 0 Å². The molecule has 9 nitrogen and oxygen atoms in total. The van der Waals surface area contributed by atoms with Crippen LogP contribution in [0.1, 0.15) is 68.1 Å². The second-order valence-corrected chi connectivity index (χ2v) is 10.1. The molecule has 1 unspecified atom stereocenters. The summed E-state index contributed by atoms with van der Waals surface area (Å²) in [5.41, 5.74) is 3.15. The molecule has 38 heavy (non-hydrogen) atoms. The Bertz CT molecular complexity index is 1390. The standard InChI is InChI=1S/C28H32FN3O6/c1-15-7-9-19-21(31(15)28(36)38-3)10-11-22-24(19)30-26(25(33)20-14-17(29)8-12-23(20)37-2)32(22)18-6-4-5-16(13-18)27(34)35/h8,10-12,14-16,18,25,33H,4-7,9,13H2,1-3H3,(H,34,35)/t15-,16-,18?,25-/m0/s1. The molecule has 0 saturated heterocycles. The van der Waals surface area contributed by atoms with E-state index in [0.717, 1.165) is 23.9 Å². The molecule has 0 radical (unpaired) electrons. The molecule has 3 aromatic rings. The highest BCUT2D eigenvalue weighted by atomic mass is 19.1. The largest absolute Gasteiger partial charge is 0.496 e. The van der Waals surface area contributed by atoms with Crippen molar-refractivity contribution in [1.82, 2.24) is 9.55 Å². The molecule has 4 atom stereocenters. The number of anilines is 1. The Labute approximate surface area is 219 Å². The second kappa shape index (κ2) is 10.2. The van der Waals surface area contributed by atoms with E-state index in [4.69, 9.17) is 14.5 Å². The summed E-state index contributed by atoms with van der Waals surface area (Å²) in [6.45, 7) is 1.96. The van der Waals surface area contributed by atoms with E-state index in [2.05, 4.69) is 0 Å². The van der Waals surface area contributed by atoms with Crippen molar-refractivity contribution >= 4 is 28.8 Å². The molecule has 0 bridgehead atoms. The van der Waals surface area contributed by atoms with Crippen LogP contribution in [0.3, 0.4) is 0 Å². The first-order chi connectivity index (χ1) is 18.2. The summed E-state index contributed by atoms with van der Waals surface area (Å²) in [5, 5.41) is 21.3. The van der Waals surface area contributed by atoms with E-state index in [1.165, 1.54) is 32.4 Å². The van der Waals surface area contributed by atoms with Gasteiger partial charge in [-0.25, -0.2) is 14.2 Å². The molecule has 5 rings (SSSR count). The third-order valence-corrected chi connectivity index (χ3v) is 7.94. The van der Waals surface area contributed by atoms with Gasteiger partial charge in [-0.1, -0.05) is 6.42 Å². The first-order valence-electron chi connectivity index (χ1n) is 12.9. The predicted molar refractivity (Wildman–Crippen MR) is 138 cm³/mol. The minimum Gasteiger partial charge on any atom is -0.496 e. The number of aryl methyl sites for hydroxylation is 1. The number of halogens is 1. The lowest BCUT2D eigenvalue weighted by molar-refractivity contribution is -0.143. The number of hydrogen-bond acceptors (Lipinski definition) is 6. The number of ether oxygens (including phenoxy) is 2. The SMILES string of the molecule is COC(=O)N1c2ccc3c(nc([C@@H](O)c4cc(F)ccc4OC)n3C3CCC[C@H](C(=O)O)C3)c2CC[C@@H]1C. The predicted octanol–water partition coefficient (Wildman–Crippen LogP) is 4.99. The fourth-order valence-electron chi connectivity index (χ4n) is 6.05. The Morgan fingerprint density at radius 3 is 2.66 bits per heavy atom. The smallest absolute Gasteiger partial charge is 0.414 e. The van der Waals surface area contributed by atoms with E-state index in [0.29, 0.717) is 42.6 Å². The Morgan fingerprint density at radius 2 is 1.95 bits per heavy atom. The first kappa shape index (κ1) is 26.0. The summed E-state index contributed by atoms with van der Waals surface area (Å²) in [5.74, 6) is -1.26. The van der Waals surface area contributed by atoms with Crippen LogP contribution in [-0.4, -0.2) is 52.1 Å². The van der Waals surface area contributed by atoms with Gasteiger partial charge in [0.15, 0.2) is 0 Å². The number of carbonyl (C=O) groups excluding carboxylic acids is 1. The zero-order valence-corrected chi connectivity index (χ0v) is 21.7. The van der Waals surface area contributed by atoms with Gasteiger partial charge in [0.05, 0.1) is 36.9 Å². The van der Waals surface area contributed by atoms with Crippen LogP contribution in [0.25, 0.3) is 11.0 Å². The monoisotopic (exact) mass is 525 g/mol. The van der Waals surface area contributed by atoms with Crippen LogP contribution in [0.2, 0.25) is 0 Å². The molecular formula is C28H32FN3O6. The molecule has 0 spiro atoms. The fraction of sp³-hybridized carbons (Fsp3) is 0.464. The maximum atomic E-state index is 14.3. The third kappa shape index (κ3) is 4.36. The summed E-state index contributed by atoms with van der Waals surface area (Å²) in [6, 6.07) is 7.37. The van der Waals surface area contributed by atoms with Gasteiger partial charge >= 0.3 is 12.1 Å². The van der Waals surface area contributed by atoms with Crippen molar-refractivity contribution in [2.24, 2.45) is 5.92 Å². The Balaban J connectivity index is 1.72. The molecule has 1 fully saturated rings. The third-order valence-electron chi connectivity index (χ3n) is 7.94. The highest BCUT2D eigenvalue weighted by Crippen LogP contribution is 2.43. The van der Waals surface area contributed by atoms with Crippen molar-refractivity contribution in [2.75, 3.05) is 19.1 Å². The summed E-state index contributed by atoms with van der Waals surface area (Å²) in [6.07, 6.45) is 2.01. The molecule has 1 amide bonds. The van der Waals surface area contributed by atoms with Crippen LogP contribution in [0.5, 0.6) is 5.75 Å². The van der Waals surface area contributed by atoms with E-state index in [-0.39, 0.29) is 23.5 Å². The van der Waals surface area contributed by atoms with Crippen LogP contribution in [0.4, 0.5) is 14.9 Å². The number of carboxylic acid groups (broad SMARTS) is 1. The van der Waals surface area contributed by atoms with E-state index < -0.39 is 29.9 Å². The van der Waals surface area contributed by atoms with Gasteiger partial charge in [-0.15, -0.1) is 0 Å². The quantitative estimate of drug-likeness (QED) is 0.482. The molecule has 2 aromatic carbocycles. The molecule has 1 aliphatic heterocycles. The van der Waals surface area contributed by atoms with Gasteiger partial charge in [-0.3, -0.25) is 9.69 Å². The van der Waals surface area contributed by atoms with Crippen LogP contribution in [0, 0.1) is 11.7 Å². The number of carbonyl (C=O) groups is 2. The number of methoxy groups -OCH3 is 2. The number of hydrogen-bond donors (Lipinski definition) is 2. The second-order valence-electron chi connectivity index (χ2n) is 10.1. The van der Waals surface area contributed by atoms with E-state index in [1.54, 1.807) is 4.90 Å². The number of fused-ring (bicyclic) bond motifs is 3. The molecule has 2 aliphatic rings. The number of carboxylic acids is 1. The number of amides is 1. The lowest BCUT2D eigenvalue weighted by atomic mass is 9.85. The Kier molecular flexibility index (Phi) is 7.00. The van der Waals surface area contributed by atoms with E-state index >= 15 is 0 Å². The van der Waals surface area contributed by atoms with Crippen molar-refractivity contribution < 1.29 is 33.7 Å². The number of benzene rings is 2. The number of imidazole rings is 1. The topological polar surface area (TPSA) is 114 Å². The number of aromatic nitrogens is 2. The number of rotatable bonds is 5. The molecular weight excluding hydrogens is 493 g/mol. The zero-order valence-electron chi connectivity index (χ0n) is 21.7. The Morgan fingerprint density at radius 1 is 1.16 bits per heavy atom. The van der Waals surface area contributed by atoms with E-state index in [9.17, 15) is 24.2 Å². The molecule has 2 N–H and O–H groups in total. The van der Waals surface area contributed by atoms with Gasteiger partial charge in [0.1, 0.15) is 23.5 Å². The number of aliphatic hydroxyl groups is 1. The highest BCUT2D eigenvalue weighted by molar-refractivity contribution is 5.95. The van der Waals surface area contributed by atoms with Crippen molar-refractivity contribution in [2.45, 2.75) is 63.6 Å². The van der Waals surface area contributed by atoms with Crippen molar-refractivity contribution in [3.05, 3.63) is 53.1 Å². The zero-order chi connectivity index (χ0) is 27.1. The molecule has 1 aliphatic carbocycles. The van der Waals surface area contributed by atoms with Gasteiger partial charge in [0.25, 0.3) is 0 Å². The Hall–Kier alpha value is -3.66. The lowest BCUT2D eigenvalue weighted by Crippen LogP contribution is -2.42. The maximum Gasteiger partial charge on any atom is 0.414 e. The summed E-state index contributed by atoms with van der Waals surface area (Å²) in [7, 11) is 2.79. The van der Waals surface area contributed by atoms with Gasteiger partial charge in [0.2, 0.25) is 0 Å². The number of aliphatic carboxylic acids is 1. The molecule has 1 aromatic heterocycles. The average molecular weight is 526 g/mol. The highest BCUT2D eigenvalue weighted by Gasteiger charge is 2.36. The number of aliphatic hydroxyl groups excluding tert-OH is 1. The van der Waals surface area contributed by atoms with Gasteiger partial charge in [-0.2, -0.15) is 0 Å². The minimum atomic E-state index is -1.33. The molecule has 1 saturated carbocycles. The summed E-state index contributed by atoms with van der Waals surface area (Å²) in [4.78, 5) is 31.0. The minimum absolute atomic E-state index is 0.0641. The van der Waals surface area contributed by atoms with Crippen LogP contribution < -0.4 is 9.64 Å². The number of nitrogens with zero attached hydrogens (tertiary/aromatic N) is 3. The van der Waals surface area contributed by atoms with Gasteiger partial charge in [-0.05, 0) is 69.4 Å². The van der Waals surface area contributed by atoms with E-state index in [1.807, 2.05) is 23.6 Å². The molecule has 2 heterocycles. The van der Waals surface area contributed by atoms with Crippen molar-refractivity contribution in [3.8, 4) is 5.75 Å².